The summed E-state index contributed by atoms with van der Waals surface area (Å²) in [7, 11) is 5.70. The second-order valence-electron chi connectivity index (χ2n) is 3.79. The molecule has 86 valence electrons. The van der Waals surface area contributed by atoms with E-state index in [-0.39, 0.29) is 0 Å². The normalized spacial score (nSPS) is 13.1. The van der Waals surface area contributed by atoms with E-state index in [4.69, 9.17) is 4.74 Å². The fourth-order valence-corrected chi connectivity index (χ4v) is 1.74. The Morgan fingerprint density at radius 3 is 2.80 bits per heavy atom. The minimum Gasteiger partial charge on any atom is -0.385 e. The van der Waals surface area contributed by atoms with E-state index in [1.165, 1.54) is 11.3 Å². The number of aromatic nitrogens is 2. The van der Waals surface area contributed by atoms with Gasteiger partial charge in [-0.15, -0.1) is 0 Å². The summed E-state index contributed by atoms with van der Waals surface area (Å²) in [5, 5.41) is 7.58. The third kappa shape index (κ3) is 3.04. The number of rotatable bonds is 6. The smallest absolute Gasteiger partial charge is 0.0540 e. The van der Waals surface area contributed by atoms with Crippen LogP contribution in [-0.4, -0.2) is 30.5 Å². The molecule has 0 aliphatic rings. The van der Waals surface area contributed by atoms with Crippen molar-refractivity contribution in [3.63, 3.8) is 0 Å². The zero-order valence-corrected chi connectivity index (χ0v) is 10.1. The topological polar surface area (TPSA) is 39.1 Å². The van der Waals surface area contributed by atoms with Gasteiger partial charge in [0.25, 0.3) is 0 Å². The first-order chi connectivity index (χ1) is 7.20. The molecule has 0 saturated heterocycles. The lowest BCUT2D eigenvalue weighted by Gasteiger charge is -2.15. The lowest BCUT2D eigenvalue weighted by atomic mass is 10.0. The van der Waals surface area contributed by atoms with Crippen LogP contribution in [0, 0.1) is 6.92 Å². The van der Waals surface area contributed by atoms with Crippen LogP contribution in [0.15, 0.2) is 6.20 Å². The standard InChI is InChI=1S/C11H21N3O/c1-9-10(8-13-14(9)3)11(12-2)6-5-7-15-4/h8,11-12H,5-7H2,1-4H3. The highest BCUT2D eigenvalue weighted by molar-refractivity contribution is 5.20. The number of hydrogen-bond acceptors (Lipinski definition) is 3. The van der Waals surface area contributed by atoms with Crippen molar-refractivity contribution in [3.8, 4) is 0 Å². The monoisotopic (exact) mass is 211 g/mol. The molecule has 0 saturated carbocycles. The highest BCUT2D eigenvalue weighted by Gasteiger charge is 2.14. The Hall–Kier alpha value is -0.870. The van der Waals surface area contributed by atoms with E-state index in [2.05, 4.69) is 17.3 Å². The molecular formula is C11H21N3O. The summed E-state index contributed by atoms with van der Waals surface area (Å²) in [4.78, 5) is 0. The van der Waals surface area contributed by atoms with Crippen molar-refractivity contribution in [1.82, 2.24) is 15.1 Å². The van der Waals surface area contributed by atoms with Crippen molar-refractivity contribution in [3.05, 3.63) is 17.5 Å². The predicted molar refractivity (Wildman–Crippen MR) is 60.9 cm³/mol. The van der Waals surface area contributed by atoms with Crippen LogP contribution in [0.1, 0.15) is 30.1 Å². The first kappa shape index (κ1) is 12.2. The molecule has 1 heterocycles. The quantitative estimate of drug-likeness (QED) is 0.723. The molecule has 0 aromatic carbocycles. The van der Waals surface area contributed by atoms with Gasteiger partial charge in [-0.05, 0) is 26.8 Å². The molecule has 1 atom stereocenters. The Bertz CT molecular complexity index is 296. The SMILES string of the molecule is CNC(CCCOC)c1cnn(C)c1C. The van der Waals surface area contributed by atoms with E-state index in [1.807, 2.05) is 25.0 Å². The Labute approximate surface area is 91.6 Å². The van der Waals surface area contributed by atoms with Crippen molar-refractivity contribution >= 4 is 0 Å². The Kier molecular flexibility index (Phi) is 4.78. The number of nitrogens with zero attached hydrogens (tertiary/aromatic N) is 2. The summed E-state index contributed by atoms with van der Waals surface area (Å²) in [6.07, 6.45) is 4.09. The highest BCUT2D eigenvalue weighted by Crippen LogP contribution is 2.20. The average Bonchev–Trinajstić information content (AvgIpc) is 2.56. The number of aryl methyl sites for hydroxylation is 1. The Morgan fingerprint density at radius 2 is 2.33 bits per heavy atom. The molecule has 15 heavy (non-hydrogen) atoms. The molecule has 1 aromatic heterocycles. The van der Waals surface area contributed by atoms with Crippen molar-refractivity contribution < 1.29 is 4.74 Å². The average molecular weight is 211 g/mol. The first-order valence-corrected chi connectivity index (χ1v) is 5.35. The number of ether oxygens (including phenoxy) is 1. The molecule has 1 aromatic rings. The summed E-state index contributed by atoms with van der Waals surface area (Å²) in [6.45, 7) is 2.92. The molecule has 0 bridgehead atoms. The number of methoxy groups -OCH3 is 1. The molecule has 4 nitrogen and oxygen atoms in total. The molecule has 1 N–H and O–H groups in total. The maximum Gasteiger partial charge on any atom is 0.0540 e. The van der Waals surface area contributed by atoms with Crippen molar-refractivity contribution in [2.75, 3.05) is 20.8 Å². The first-order valence-electron chi connectivity index (χ1n) is 5.35. The van der Waals surface area contributed by atoms with E-state index < -0.39 is 0 Å². The van der Waals surface area contributed by atoms with Crippen LogP contribution in [0.4, 0.5) is 0 Å². The van der Waals surface area contributed by atoms with Crippen LogP contribution in [0.3, 0.4) is 0 Å². The van der Waals surface area contributed by atoms with Crippen LogP contribution in [0.5, 0.6) is 0 Å². The van der Waals surface area contributed by atoms with Gasteiger partial charge in [-0.2, -0.15) is 5.10 Å². The van der Waals surface area contributed by atoms with Gasteiger partial charge in [0, 0.05) is 38.1 Å². The molecule has 0 fully saturated rings. The highest BCUT2D eigenvalue weighted by atomic mass is 16.5. The van der Waals surface area contributed by atoms with E-state index in [0.29, 0.717) is 6.04 Å². The maximum absolute atomic E-state index is 5.06. The Balaban J connectivity index is 2.61. The van der Waals surface area contributed by atoms with Crippen LogP contribution >= 0.6 is 0 Å². The van der Waals surface area contributed by atoms with Gasteiger partial charge in [0.2, 0.25) is 0 Å². The predicted octanol–water partition coefficient (Wildman–Crippen LogP) is 1.42. The largest absolute Gasteiger partial charge is 0.385 e. The third-order valence-corrected chi connectivity index (χ3v) is 2.84. The summed E-state index contributed by atoms with van der Waals surface area (Å²) in [5.41, 5.74) is 2.52. The molecule has 0 aliphatic carbocycles. The van der Waals surface area contributed by atoms with Crippen LogP contribution in [-0.2, 0) is 11.8 Å². The Morgan fingerprint density at radius 1 is 1.60 bits per heavy atom. The summed E-state index contributed by atoms with van der Waals surface area (Å²) in [5.74, 6) is 0. The molecule has 0 amide bonds. The van der Waals surface area contributed by atoms with Gasteiger partial charge in [0.05, 0.1) is 6.20 Å². The molecule has 1 rings (SSSR count). The summed E-state index contributed by atoms with van der Waals surface area (Å²) in [6, 6.07) is 0.383. The second-order valence-corrected chi connectivity index (χ2v) is 3.79. The van der Waals surface area contributed by atoms with Gasteiger partial charge in [-0.1, -0.05) is 0 Å². The zero-order chi connectivity index (χ0) is 11.3. The van der Waals surface area contributed by atoms with E-state index in [0.717, 1.165) is 19.4 Å². The van der Waals surface area contributed by atoms with Gasteiger partial charge in [-0.25, -0.2) is 0 Å². The lowest BCUT2D eigenvalue weighted by molar-refractivity contribution is 0.189. The van der Waals surface area contributed by atoms with Crippen LogP contribution in [0.25, 0.3) is 0 Å². The van der Waals surface area contributed by atoms with Crippen molar-refractivity contribution in [2.45, 2.75) is 25.8 Å². The molecule has 0 radical (unpaired) electrons. The van der Waals surface area contributed by atoms with Gasteiger partial charge in [-0.3, -0.25) is 4.68 Å². The fraction of sp³-hybridized carbons (Fsp3) is 0.727. The van der Waals surface area contributed by atoms with Gasteiger partial charge >= 0.3 is 0 Å². The minimum absolute atomic E-state index is 0.383. The second kappa shape index (κ2) is 5.88. The van der Waals surface area contributed by atoms with Crippen LogP contribution < -0.4 is 5.32 Å². The van der Waals surface area contributed by atoms with Gasteiger partial charge in [0.15, 0.2) is 0 Å². The van der Waals surface area contributed by atoms with Crippen molar-refractivity contribution in [1.29, 1.82) is 0 Å². The molecule has 0 aliphatic heterocycles. The molecule has 1 unspecified atom stereocenters. The van der Waals surface area contributed by atoms with Crippen molar-refractivity contribution in [2.24, 2.45) is 7.05 Å². The summed E-state index contributed by atoms with van der Waals surface area (Å²) >= 11 is 0. The zero-order valence-electron chi connectivity index (χ0n) is 10.1. The van der Waals surface area contributed by atoms with Gasteiger partial charge in [0.1, 0.15) is 0 Å². The van der Waals surface area contributed by atoms with Crippen LogP contribution in [0.2, 0.25) is 0 Å². The third-order valence-electron chi connectivity index (χ3n) is 2.84. The number of nitrogens with one attached hydrogen (secondary N) is 1. The number of hydrogen-bond donors (Lipinski definition) is 1. The molecular weight excluding hydrogens is 190 g/mol. The molecule has 0 spiro atoms. The van der Waals surface area contributed by atoms with E-state index >= 15 is 0 Å². The summed E-state index contributed by atoms with van der Waals surface area (Å²) < 4.78 is 6.97. The van der Waals surface area contributed by atoms with E-state index in [9.17, 15) is 0 Å². The maximum atomic E-state index is 5.06. The minimum atomic E-state index is 0.383. The van der Waals surface area contributed by atoms with Gasteiger partial charge < -0.3 is 10.1 Å². The molecule has 4 heteroatoms. The lowest BCUT2D eigenvalue weighted by Crippen LogP contribution is -2.17. The fourth-order valence-electron chi connectivity index (χ4n) is 1.74. The van der Waals surface area contributed by atoms with E-state index in [1.54, 1.807) is 7.11 Å².